The number of ether oxygens (including phenoxy) is 2. The molecule has 1 aliphatic rings. The summed E-state index contributed by atoms with van der Waals surface area (Å²) in [6.45, 7) is 3.78. The van der Waals surface area contributed by atoms with Crippen LogP contribution in [0.5, 0.6) is 5.75 Å². The van der Waals surface area contributed by atoms with E-state index < -0.39 is 0 Å². The number of hydrogen-bond acceptors (Lipinski definition) is 5. The lowest BCUT2D eigenvalue weighted by molar-refractivity contribution is -0.121. The Balaban J connectivity index is 1.78. The Hall–Kier alpha value is -1.50. The van der Waals surface area contributed by atoms with Crippen LogP contribution in [0.4, 0.5) is 5.69 Å². The molecule has 0 aliphatic carbocycles. The molecule has 25 heavy (non-hydrogen) atoms. The molecule has 1 aromatic carbocycles. The van der Waals surface area contributed by atoms with Crippen LogP contribution in [0.2, 0.25) is 5.02 Å². The first-order valence-corrected chi connectivity index (χ1v) is 9.00. The third-order valence-corrected chi connectivity index (χ3v) is 4.84. The van der Waals surface area contributed by atoms with Gasteiger partial charge in [-0.3, -0.25) is 4.79 Å². The first-order chi connectivity index (χ1) is 12.1. The van der Waals surface area contributed by atoms with Gasteiger partial charge in [-0.05, 0) is 44.1 Å². The number of carbonyl (C=O) groups is 1. The summed E-state index contributed by atoms with van der Waals surface area (Å²) in [7, 11) is 3.32. The van der Waals surface area contributed by atoms with E-state index in [0.29, 0.717) is 36.9 Å². The number of hydrogen-bond donors (Lipinski definition) is 3. The highest BCUT2D eigenvalue weighted by atomic mass is 35.5. The minimum Gasteiger partial charge on any atom is -0.495 e. The van der Waals surface area contributed by atoms with Gasteiger partial charge >= 0.3 is 0 Å². The highest BCUT2D eigenvalue weighted by Crippen LogP contribution is 2.29. The standard InChI is InChI=1S/C18H28ClN3O3/c1-24-13-18(6-9-20-10-7-18)12-22-17(23)5-8-21-15-11-14(19)3-4-16(15)25-2/h3-4,11,20-21H,5-10,12-13H2,1-2H3,(H,22,23). The Morgan fingerprint density at radius 3 is 2.76 bits per heavy atom. The largest absolute Gasteiger partial charge is 0.495 e. The molecule has 0 radical (unpaired) electrons. The first kappa shape index (κ1) is 19.8. The minimum atomic E-state index is 0.0301. The average Bonchev–Trinajstić information content (AvgIpc) is 2.61. The Morgan fingerprint density at radius 2 is 2.08 bits per heavy atom. The van der Waals surface area contributed by atoms with E-state index in [2.05, 4.69) is 16.0 Å². The van der Waals surface area contributed by atoms with Crippen LogP contribution in [0.3, 0.4) is 0 Å². The summed E-state index contributed by atoms with van der Waals surface area (Å²) in [5.74, 6) is 0.737. The zero-order valence-electron chi connectivity index (χ0n) is 15.0. The molecule has 1 aliphatic heterocycles. The molecule has 2 rings (SSSR count). The summed E-state index contributed by atoms with van der Waals surface area (Å²) in [4.78, 5) is 12.2. The number of benzene rings is 1. The molecule has 1 saturated heterocycles. The van der Waals surface area contributed by atoms with Crippen molar-refractivity contribution >= 4 is 23.2 Å². The number of rotatable bonds is 9. The van der Waals surface area contributed by atoms with E-state index >= 15 is 0 Å². The van der Waals surface area contributed by atoms with Crippen molar-refractivity contribution in [3.63, 3.8) is 0 Å². The van der Waals surface area contributed by atoms with Crippen molar-refractivity contribution in [2.75, 3.05) is 52.3 Å². The summed E-state index contributed by atoms with van der Waals surface area (Å²) in [6, 6.07) is 5.36. The Labute approximate surface area is 154 Å². The summed E-state index contributed by atoms with van der Waals surface area (Å²) in [6.07, 6.45) is 2.41. The van der Waals surface area contributed by atoms with Gasteiger partial charge in [0, 0.05) is 37.1 Å². The lowest BCUT2D eigenvalue weighted by Crippen LogP contribution is -2.47. The number of nitrogens with one attached hydrogen (secondary N) is 3. The van der Waals surface area contributed by atoms with E-state index in [0.717, 1.165) is 31.6 Å². The summed E-state index contributed by atoms with van der Waals surface area (Å²) >= 11 is 6.00. The third kappa shape index (κ3) is 6.06. The summed E-state index contributed by atoms with van der Waals surface area (Å²) < 4.78 is 10.7. The van der Waals surface area contributed by atoms with Crippen molar-refractivity contribution in [1.29, 1.82) is 0 Å². The molecule has 7 heteroatoms. The van der Waals surface area contributed by atoms with Gasteiger partial charge in [-0.1, -0.05) is 11.6 Å². The molecule has 1 heterocycles. The van der Waals surface area contributed by atoms with E-state index in [1.54, 1.807) is 32.4 Å². The molecule has 0 saturated carbocycles. The van der Waals surface area contributed by atoms with Gasteiger partial charge in [-0.25, -0.2) is 0 Å². The number of methoxy groups -OCH3 is 2. The van der Waals surface area contributed by atoms with Gasteiger partial charge in [-0.2, -0.15) is 0 Å². The molecule has 6 nitrogen and oxygen atoms in total. The number of halogens is 1. The van der Waals surface area contributed by atoms with Gasteiger partial charge in [-0.15, -0.1) is 0 Å². The smallest absolute Gasteiger partial charge is 0.221 e. The van der Waals surface area contributed by atoms with Crippen molar-refractivity contribution in [3.05, 3.63) is 23.2 Å². The average molecular weight is 370 g/mol. The SMILES string of the molecule is COCC1(CNC(=O)CCNc2cc(Cl)ccc2OC)CCNCC1. The van der Waals surface area contributed by atoms with Gasteiger partial charge in [0.15, 0.2) is 0 Å². The number of piperidine rings is 1. The monoisotopic (exact) mass is 369 g/mol. The molecule has 0 bridgehead atoms. The normalized spacial score (nSPS) is 16.3. The molecule has 0 spiro atoms. The molecular weight excluding hydrogens is 342 g/mol. The van der Waals surface area contributed by atoms with Crippen molar-refractivity contribution in [1.82, 2.24) is 10.6 Å². The molecule has 1 aromatic rings. The second-order valence-electron chi connectivity index (χ2n) is 6.48. The predicted octanol–water partition coefficient (Wildman–Crippen LogP) is 2.28. The van der Waals surface area contributed by atoms with Crippen LogP contribution in [0.25, 0.3) is 0 Å². The van der Waals surface area contributed by atoms with Crippen LogP contribution < -0.4 is 20.7 Å². The van der Waals surface area contributed by atoms with E-state index in [9.17, 15) is 4.79 Å². The second kappa shape index (κ2) is 9.85. The first-order valence-electron chi connectivity index (χ1n) is 8.62. The maximum absolute atomic E-state index is 12.2. The van der Waals surface area contributed by atoms with Crippen LogP contribution in [0.1, 0.15) is 19.3 Å². The van der Waals surface area contributed by atoms with E-state index in [-0.39, 0.29) is 11.3 Å². The molecule has 3 N–H and O–H groups in total. The van der Waals surface area contributed by atoms with E-state index in [4.69, 9.17) is 21.1 Å². The molecule has 0 aromatic heterocycles. The molecular formula is C18H28ClN3O3. The maximum atomic E-state index is 12.2. The predicted molar refractivity (Wildman–Crippen MR) is 101 cm³/mol. The van der Waals surface area contributed by atoms with E-state index in [1.807, 2.05) is 0 Å². The second-order valence-corrected chi connectivity index (χ2v) is 6.92. The number of anilines is 1. The van der Waals surface area contributed by atoms with Gasteiger partial charge in [0.05, 0.1) is 19.4 Å². The zero-order valence-corrected chi connectivity index (χ0v) is 15.7. The lowest BCUT2D eigenvalue weighted by Gasteiger charge is -2.37. The molecule has 0 unspecified atom stereocenters. The van der Waals surface area contributed by atoms with Gasteiger partial charge in [0.25, 0.3) is 0 Å². The van der Waals surface area contributed by atoms with Crippen LogP contribution in [-0.4, -0.2) is 52.9 Å². The highest BCUT2D eigenvalue weighted by molar-refractivity contribution is 6.30. The summed E-state index contributed by atoms with van der Waals surface area (Å²) in [5, 5.41) is 10.2. The Kier molecular flexibility index (Phi) is 7.81. The molecule has 1 amide bonds. The maximum Gasteiger partial charge on any atom is 0.221 e. The lowest BCUT2D eigenvalue weighted by atomic mass is 9.79. The fourth-order valence-electron chi connectivity index (χ4n) is 3.14. The van der Waals surface area contributed by atoms with Crippen LogP contribution in [0, 0.1) is 5.41 Å². The fourth-order valence-corrected chi connectivity index (χ4v) is 3.31. The molecule has 0 atom stereocenters. The van der Waals surface area contributed by atoms with Crippen molar-refractivity contribution in [3.8, 4) is 5.75 Å². The van der Waals surface area contributed by atoms with Gasteiger partial charge < -0.3 is 25.4 Å². The fraction of sp³-hybridized carbons (Fsp3) is 0.611. The molecule has 140 valence electrons. The van der Waals surface area contributed by atoms with Crippen molar-refractivity contribution < 1.29 is 14.3 Å². The van der Waals surface area contributed by atoms with E-state index in [1.165, 1.54) is 0 Å². The Morgan fingerprint density at radius 1 is 1.32 bits per heavy atom. The highest BCUT2D eigenvalue weighted by Gasteiger charge is 2.32. The number of carbonyl (C=O) groups excluding carboxylic acids is 1. The van der Waals surface area contributed by atoms with Crippen LogP contribution in [0.15, 0.2) is 18.2 Å². The van der Waals surface area contributed by atoms with Crippen LogP contribution in [-0.2, 0) is 9.53 Å². The summed E-state index contributed by atoms with van der Waals surface area (Å²) in [5.41, 5.74) is 0.830. The Bertz CT molecular complexity index is 557. The zero-order chi connectivity index (χ0) is 18.1. The molecule has 1 fully saturated rings. The van der Waals surface area contributed by atoms with Crippen molar-refractivity contribution in [2.24, 2.45) is 5.41 Å². The van der Waals surface area contributed by atoms with Gasteiger partial charge in [0.2, 0.25) is 5.91 Å². The third-order valence-electron chi connectivity index (χ3n) is 4.60. The minimum absolute atomic E-state index is 0.0301. The van der Waals surface area contributed by atoms with Gasteiger partial charge in [0.1, 0.15) is 5.75 Å². The van der Waals surface area contributed by atoms with Crippen molar-refractivity contribution in [2.45, 2.75) is 19.3 Å². The number of amides is 1. The van der Waals surface area contributed by atoms with Crippen LogP contribution >= 0.6 is 11.6 Å². The topological polar surface area (TPSA) is 71.6 Å². The quantitative estimate of drug-likeness (QED) is 0.623.